The van der Waals surface area contributed by atoms with Gasteiger partial charge in [-0.1, -0.05) is 26.0 Å². The molecule has 1 aromatic carbocycles. The Balaban J connectivity index is 1.95. The van der Waals surface area contributed by atoms with Crippen molar-refractivity contribution in [1.29, 1.82) is 0 Å². The van der Waals surface area contributed by atoms with Crippen LogP contribution < -0.4 is 5.32 Å². The molecule has 126 valence electrons. The van der Waals surface area contributed by atoms with Gasteiger partial charge in [0.15, 0.2) is 0 Å². The summed E-state index contributed by atoms with van der Waals surface area (Å²) in [4.78, 5) is 28.0. The van der Waals surface area contributed by atoms with Crippen molar-refractivity contribution in [3.63, 3.8) is 0 Å². The number of likely N-dealkylation sites (N-methyl/N-ethyl adjacent to an activating group) is 1. The van der Waals surface area contributed by atoms with Crippen molar-refractivity contribution in [2.24, 2.45) is 0 Å². The van der Waals surface area contributed by atoms with Crippen LogP contribution in [0, 0.1) is 0 Å². The Kier molecular flexibility index (Phi) is 6.16. The third-order valence-electron chi connectivity index (χ3n) is 4.55. The minimum Gasteiger partial charge on any atom is -0.334 e. The second-order valence-electron chi connectivity index (χ2n) is 6.06. The van der Waals surface area contributed by atoms with Crippen molar-refractivity contribution in [2.45, 2.75) is 45.7 Å². The van der Waals surface area contributed by atoms with Crippen molar-refractivity contribution >= 4 is 17.5 Å². The summed E-state index contributed by atoms with van der Waals surface area (Å²) in [5.74, 6) is -0.0528. The Hall–Kier alpha value is -1.88. The van der Waals surface area contributed by atoms with Crippen molar-refractivity contribution in [1.82, 2.24) is 9.80 Å². The molecule has 1 heterocycles. The molecule has 1 aliphatic rings. The van der Waals surface area contributed by atoms with E-state index >= 15 is 0 Å². The molecule has 0 spiro atoms. The molecule has 1 atom stereocenters. The molecule has 2 rings (SSSR count). The van der Waals surface area contributed by atoms with E-state index in [1.165, 1.54) is 5.56 Å². The Morgan fingerprint density at radius 3 is 2.52 bits per heavy atom. The average Bonchev–Trinajstić information content (AvgIpc) is 2.56. The number of hydrogen-bond donors (Lipinski definition) is 1. The molecule has 0 bridgehead atoms. The fourth-order valence-electron chi connectivity index (χ4n) is 2.92. The molecule has 2 amide bonds. The predicted octanol–water partition coefficient (Wildman–Crippen LogP) is 2.48. The molecule has 0 aliphatic carbocycles. The Bertz CT molecular complexity index is 538. The standard InChI is InChI=1S/C18H27N3O2/c1-4-21(5-2)13-14-9-11-15(12-10-14)19-18(23)16-7-6-8-17(22)20(16)3/h9-12,16H,4-8,13H2,1-3H3,(H,19,23). The summed E-state index contributed by atoms with van der Waals surface area (Å²) in [7, 11) is 1.71. The molecular weight excluding hydrogens is 290 g/mol. The lowest BCUT2D eigenvalue weighted by atomic mass is 10.0. The first-order chi connectivity index (χ1) is 11.0. The number of piperidine rings is 1. The van der Waals surface area contributed by atoms with Gasteiger partial charge in [-0.15, -0.1) is 0 Å². The highest BCUT2D eigenvalue weighted by Gasteiger charge is 2.30. The number of amides is 2. The lowest BCUT2D eigenvalue weighted by molar-refractivity contribution is -0.140. The largest absolute Gasteiger partial charge is 0.334 e. The minimum absolute atomic E-state index is 0.0472. The van der Waals surface area contributed by atoms with E-state index in [0.717, 1.165) is 38.2 Å². The Labute approximate surface area is 138 Å². The molecule has 5 heteroatoms. The van der Waals surface area contributed by atoms with Gasteiger partial charge in [-0.25, -0.2) is 0 Å². The molecule has 1 unspecified atom stereocenters. The smallest absolute Gasteiger partial charge is 0.247 e. The number of nitrogens with one attached hydrogen (secondary N) is 1. The molecule has 1 N–H and O–H groups in total. The topological polar surface area (TPSA) is 52.7 Å². The quantitative estimate of drug-likeness (QED) is 0.877. The second kappa shape index (κ2) is 8.11. The number of nitrogens with zero attached hydrogens (tertiary/aromatic N) is 2. The number of benzene rings is 1. The molecule has 1 saturated heterocycles. The monoisotopic (exact) mass is 317 g/mol. The SMILES string of the molecule is CCN(CC)Cc1ccc(NC(=O)C2CCCC(=O)N2C)cc1. The Morgan fingerprint density at radius 2 is 1.91 bits per heavy atom. The fourth-order valence-corrected chi connectivity index (χ4v) is 2.92. The van der Waals surface area contributed by atoms with Crippen LogP contribution in [0.1, 0.15) is 38.7 Å². The van der Waals surface area contributed by atoms with Crippen LogP contribution in [0.25, 0.3) is 0 Å². The number of carbonyl (C=O) groups excluding carboxylic acids is 2. The zero-order chi connectivity index (χ0) is 16.8. The highest BCUT2D eigenvalue weighted by Crippen LogP contribution is 2.19. The van der Waals surface area contributed by atoms with E-state index in [1.807, 2.05) is 24.3 Å². The maximum Gasteiger partial charge on any atom is 0.247 e. The van der Waals surface area contributed by atoms with Crippen LogP contribution >= 0.6 is 0 Å². The van der Waals surface area contributed by atoms with Gasteiger partial charge in [0.05, 0.1) is 0 Å². The van der Waals surface area contributed by atoms with Crippen molar-refractivity contribution < 1.29 is 9.59 Å². The summed E-state index contributed by atoms with van der Waals surface area (Å²) >= 11 is 0. The molecular formula is C18H27N3O2. The van der Waals surface area contributed by atoms with Gasteiger partial charge in [-0.3, -0.25) is 14.5 Å². The number of hydrogen-bond acceptors (Lipinski definition) is 3. The van der Waals surface area contributed by atoms with Gasteiger partial charge in [0.1, 0.15) is 6.04 Å². The van der Waals surface area contributed by atoms with Crippen LogP contribution in [0.4, 0.5) is 5.69 Å². The number of likely N-dealkylation sites (tertiary alicyclic amines) is 1. The predicted molar refractivity (Wildman–Crippen MR) is 92.1 cm³/mol. The molecule has 1 aromatic rings. The van der Waals surface area contributed by atoms with Gasteiger partial charge < -0.3 is 10.2 Å². The van der Waals surface area contributed by atoms with Crippen molar-refractivity contribution in [3.05, 3.63) is 29.8 Å². The van der Waals surface area contributed by atoms with E-state index in [-0.39, 0.29) is 17.9 Å². The highest BCUT2D eigenvalue weighted by molar-refractivity contribution is 5.97. The number of carbonyl (C=O) groups is 2. The van der Waals surface area contributed by atoms with Crippen LogP contribution in [0.2, 0.25) is 0 Å². The highest BCUT2D eigenvalue weighted by atomic mass is 16.2. The molecule has 23 heavy (non-hydrogen) atoms. The van der Waals surface area contributed by atoms with E-state index in [0.29, 0.717) is 6.42 Å². The molecule has 0 aromatic heterocycles. The van der Waals surface area contributed by atoms with Crippen LogP contribution in [0.5, 0.6) is 0 Å². The van der Waals surface area contributed by atoms with Gasteiger partial charge >= 0.3 is 0 Å². The van der Waals surface area contributed by atoms with E-state index in [4.69, 9.17) is 0 Å². The summed E-state index contributed by atoms with van der Waals surface area (Å²) in [6.45, 7) is 7.27. The van der Waals surface area contributed by atoms with Gasteiger partial charge in [0.25, 0.3) is 0 Å². The summed E-state index contributed by atoms with van der Waals surface area (Å²) in [6, 6.07) is 7.60. The van der Waals surface area contributed by atoms with Gasteiger partial charge in [-0.2, -0.15) is 0 Å². The van der Waals surface area contributed by atoms with Crippen LogP contribution in [0.15, 0.2) is 24.3 Å². The normalized spacial score (nSPS) is 18.3. The molecule has 5 nitrogen and oxygen atoms in total. The third-order valence-corrected chi connectivity index (χ3v) is 4.55. The van der Waals surface area contributed by atoms with Crippen LogP contribution in [0.3, 0.4) is 0 Å². The zero-order valence-electron chi connectivity index (χ0n) is 14.3. The summed E-state index contributed by atoms with van der Waals surface area (Å²) in [5, 5.41) is 2.92. The fraction of sp³-hybridized carbons (Fsp3) is 0.556. The van der Waals surface area contributed by atoms with Crippen LogP contribution in [-0.2, 0) is 16.1 Å². The maximum atomic E-state index is 12.4. The zero-order valence-corrected chi connectivity index (χ0v) is 14.3. The second-order valence-corrected chi connectivity index (χ2v) is 6.06. The maximum absolute atomic E-state index is 12.4. The summed E-state index contributed by atoms with van der Waals surface area (Å²) in [6.07, 6.45) is 2.05. The number of rotatable bonds is 6. The number of anilines is 1. The molecule has 1 aliphatic heterocycles. The van der Waals surface area contributed by atoms with Crippen molar-refractivity contribution in [3.8, 4) is 0 Å². The van der Waals surface area contributed by atoms with E-state index in [1.54, 1.807) is 11.9 Å². The van der Waals surface area contributed by atoms with E-state index in [9.17, 15) is 9.59 Å². The minimum atomic E-state index is -0.355. The van der Waals surface area contributed by atoms with Gasteiger partial charge in [0.2, 0.25) is 11.8 Å². The van der Waals surface area contributed by atoms with Crippen molar-refractivity contribution in [2.75, 3.05) is 25.5 Å². The van der Waals surface area contributed by atoms with Crippen LogP contribution in [-0.4, -0.2) is 47.8 Å². The molecule has 0 radical (unpaired) electrons. The summed E-state index contributed by atoms with van der Waals surface area (Å²) in [5.41, 5.74) is 2.02. The third kappa shape index (κ3) is 4.55. The molecule has 0 saturated carbocycles. The van der Waals surface area contributed by atoms with E-state index in [2.05, 4.69) is 24.1 Å². The first-order valence-electron chi connectivity index (χ1n) is 8.43. The first-order valence-corrected chi connectivity index (χ1v) is 8.43. The van der Waals surface area contributed by atoms with Gasteiger partial charge in [-0.05, 0) is 43.6 Å². The summed E-state index contributed by atoms with van der Waals surface area (Å²) < 4.78 is 0. The lowest BCUT2D eigenvalue weighted by Gasteiger charge is -2.31. The van der Waals surface area contributed by atoms with Gasteiger partial charge in [0, 0.05) is 25.7 Å². The molecule has 1 fully saturated rings. The lowest BCUT2D eigenvalue weighted by Crippen LogP contribution is -2.47. The Morgan fingerprint density at radius 1 is 1.26 bits per heavy atom. The average molecular weight is 317 g/mol. The first kappa shape index (κ1) is 17.5. The van der Waals surface area contributed by atoms with E-state index < -0.39 is 0 Å².